The molecule has 18 heavy (non-hydrogen) atoms. The maximum Gasteiger partial charge on any atom is 0.326 e. The topological polar surface area (TPSA) is 70.8 Å². The van der Waals surface area contributed by atoms with E-state index in [1.54, 1.807) is 6.07 Å². The first kappa shape index (κ1) is 13.1. The van der Waals surface area contributed by atoms with Gasteiger partial charge in [0.25, 0.3) is 5.91 Å². The van der Waals surface area contributed by atoms with Gasteiger partial charge in [0.2, 0.25) is 0 Å². The van der Waals surface area contributed by atoms with Crippen LogP contribution in [-0.4, -0.2) is 34.5 Å². The number of furan rings is 1. The second-order valence-electron chi connectivity index (χ2n) is 4.59. The fraction of sp³-hybridized carbons (Fsp3) is 0.500. The lowest BCUT2D eigenvalue weighted by Crippen LogP contribution is -2.49. The van der Waals surface area contributed by atoms with Gasteiger partial charge in [-0.05, 0) is 40.8 Å². The zero-order chi connectivity index (χ0) is 13.3. The van der Waals surface area contributed by atoms with Crippen molar-refractivity contribution in [3.05, 3.63) is 22.6 Å². The fourth-order valence-corrected chi connectivity index (χ4v) is 2.63. The molecule has 1 aliphatic rings. The van der Waals surface area contributed by atoms with Crippen molar-refractivity contribution < 1.29 is 19.1 Å². The monoisotopic (exact) mass is 315 g/mol. The van der Waals surface area contributed by atoms with Gasteiger partial charge in [-0.3, -0.25) is 4.79 Å². The number of rotatable bonds is 2. The van der Waals surface area contributed by atoms with Gasteiger partial charge in [-0.25, -0.2) is 4.79 Å². The van der Waals surface area contributed by atoms with Crippen LogP contribution in [0.4, 0.5) is 0 Å². The van der Waals surface area contributed by atoms with Crippen LogP contribution in [0.1, 0.15) is 30.1 Å². The largest absolute Gasteiger partial charge is 0.480 e. The molecule has 1 aromatic heterocycles. The molecule has 0 aliphatic carbocycles. The lowest BCUT2D eigenvalue weighted by atomic mass is 9.92. The quantitative estimate of drug-likeness (QED) is 0.909. The van der Waals surface area contributed by atoms with Crippen LogP contribution in [0, 0.1) is 5.92 Å². The van der Waals surface area contributed by atoms with Crippen molar-refractivity contribution in [1.29, 1.82) is 0 Å². The molecule has 1 amide bonds. The van der Waals surface area contributed by atoms with E-state index in [1.165, 1.54) is 11.2 Å². The smallest absolute Gasteiger partial charge is 0.326 e. The Morgan fingerprint density at radius 1 is 1.56 bits per heavy atom. The summed E-state index contributed by atoms with van der Waals surface area (Å²) in [6.07, 6.45) is 2.72. The molecule has 1 aliphatic heterocycles. The second-order valence-corrected chi connectivity index (χ2v) is 5.31. The van der Waals surface area contributed by atoms with Crippen molar-refractivity contribution in [2.75, 3.05) is 6.54 Å². The molecule has 1 saturated heterocycles. The number of aliphatic carboxylic acids is 1. The summed E-state index contributed by atoms with van der Waals surface area (Å²) in [5.41, 5.74) is 0.371. The van der Waals surface area contributed by atoms with Crippen LogP contribution >= 0.6 is 15.9 Å². The number of piperidine rings is 1. The van der Waals surface area contributed by atoms with Gasteiger partial charge in [-0.2, -0.15) is 0 Å². The Morgan fingerprint density at radius 3 is 2.83 bits per heavy atom. The molecule has 2 rings (SSSR count). The number of amides is 1. The number of hydrogen-bond acceptors (Lipinski definition) is 3. The molecule has 2 atom stereocenters. The van der Waals surface area contributed by atoms with Crippen LogP contribution in [0.2, 0.25) is 0 Å². The lowest BCUT2D eigenvalue weighted by molar-refractivity contribution is -0.144. The number of carbonyl (C=O) groups is 2. The molecule has 5 nitrogen and oxygen atoms in total. The standard InChI is InChI=1S/C12H14BrNO4/c1-7-2-4-14(9(6-7)12(16)17)11(15)8-3-5-18-10(8)13/h3,5,7,9H,2,4,6H2,1H3,(H,16,17). The highest BCUT2D eigenvalue weighted by Gasteiger charge is 2.36. The average molecular weight is 316 g/mol. The molecule has 0 bridgehead atoms. The fourth-order valence-electron chi connectivity index (χ4n) is 2.22. The van der Waals surface area contributed by atoms with Gasteiger partial charge in [0.15, 0.2) is 4.67 Å². The summed E-state index contributed by atoms with van der Waals surface area (Å²) in [4.78, 5) is 24.9. The van der Waals surface area contributed by atoms with E-state index in [0.717, 1.165) is 6.42 Å². The normalized spacial score (nSPS) is 24.0. The number of hydrogen-bond donors (Lipinski definition) is 1. The summed E-state index contributed by atoms with van der Waals surface area (Å²) >= 11 is 3.14. The Morgan fingerprint density at radius 2 is 2.28 bits per heavy atom. The van der Waals surface area contributed by atoms with Gasteiger partial charge in [-0.15, -0.1) is 0 Å². The predicted octanol–water partition coefficient (Wildman–Crippen LogP) is 2.37. The van der Waals surface area contributed by atoms with Gasteiger partial charge in [0.1, 0.15) is 6.04 Å². The van der Waals surface area contributed by atoms with Crippen LogP contribution in [0.5, 0.6) is 0 Å². The van der Waals surface area contributed by atoms with Gasteiger partial charge in [0, 0.05) is 6.54 Å². The first-order valence-corrected chi connectivity index (χ1v) is 6.56. The van der Waals surface area contributed by atoms with E-state index in [1.807, 2.05) is 6.92 Å². The van der Waals surface area contributed by atoms with Crippen molar-refractivity contribution >= 4 is 27.8 Å². The van der Waals surface area contributed by atoms with Gasteiger partial charge in [0.05, 0.1) is 11.8 Å². The summed E-state index contributed by atoms with van der Waals surface area (Å²) in [6.45, 7) is 2.47. The molecular formula is C12H14BrNO4. The summed E-state index contributed by atoms with van der Waals surface area (Å²) in [5, 5.41) is 9.21. The highest BCUT2D eigenvalue weighted by Crippen LogP contribution is 2.27. The van der Waals surface area contributed by atoms with Gasteiger partial charge in [-0.1, -0.05) is 6.92 Å². The first-order valence-electron chi connectivity index (χ1n) is 5.77. The Labute approximate surface area is 113 Å². The minimum absolute atomic E-state index is 0.296. The molecule has 6 heteroatoms. The van der Waals surface area contributed by atoms with E-state index in [0.29, 0.717) is 29.1 Å². The molecule has 98 valence electrons. The van der Waals surface area contributed by atoms with Crippen LogP contribution in [0.25, 0.3) is 0 Å². The minimum Gasteiger partial charge on any atom is -0.480 e. The molecule has 1 fully saturated rings. The Balaban J connectivity index is 2.23. The maximum absolute atomic E-state index is 12.3. The molecule has 0 aromatic carbocycles. The van der Waals surface area contributed by atoms with E-state index in [9.17, 15) is 14.7 Å². The Kier molecular flexibility index (Phi) is 3.75. The maximum atomic E-state index is 12.3. The highest BCUT2D eigenvalue weighted by molar-refractivity contribution is 9.10. The van der Waals surface area contributed by atoms with Crippen LogP contribution in [0.3, 0.4) is 0 Å². The molecule has 2 heterocycles. The molecule has 0 saturated carbocycles. The van der Waals surface area contributed by atoms with E-state index >= 15 is 0 Å². The Bertz CT molecular complexity index is 470. The second kappa shape index (κ2) is 5.14. The number of nitrogens with zero attached hydrogens (tertiary/aromatic N) is 1. The van der Waals surface area contributed by atoms with Gasteiger partial charge < -0.3 is 14.4 Å². The molecule has 1 N–H and O–H groups in total. The SMILES string of the molecule is CC1CCN(C(=O)c2ccoc2Br)C(C(=O)O)C1. The zero-order valence-corrected chi connectivity index (χ0v) is 11.5. The number of carboxylic acids is 1. The number of carboxylic acid groups (broad SMARTS) is 1. The lowest BCUT2D eigenvalue weighted by Gasteiger charge is -2.35. The van der Waals surface area contributed by atoms with E-state index < -0.39 is 12.0 Å². The summed E-state index contributed by atoms with van der Waals surface area (Å²) in [5.74, 6) is -0.924. The van der Waals surface area contributed by atoms with Crippen molar-refractivity contribution in [1.82, 2.24) is 4.90 Å². The number of carbonyl (C=O) groups excluding carboxylic acids is 1. The van der Waals surface area contributed by atoms with Crippen LogP contribution in [-0.2, 0) is 4.79 Å². The van der Waals surface area contributed by atoms with E-state index in [-0.39, 0.29) is 5.91 Å². The third-order valence-corrected chi connectivity index (χ3v) is 3.87. The minimum atomic E-state index is -0.950. The number of halogens is 1. The molecule has 0 spiro atoms. The van der Waals surface area contributed by atoms with Crippen molar-refractivity contribution in [3.8, 4) is 0 Å². The summed E-state index contributed by atoms with van der Waals surface area (Å²) < 4.78 is 5.36. The molecule has 1 aromatic rings. The van der Waals surface area contributed by atoms with Crippen LogP contribution < -0.4 is 0 Å². The molecular weight excluding hydrogens is 302 g/mol. The Hall–Kier alpha value is -1.30. The van der Waals surface area contributed by atoms with Crippen molar-refractivity contribution in [2.24, 2.45) is 5.92 Å². The zero-order valence-electron chi connectivity index (χ0n) is 9.93. The highest BCUT2D eigenvalue weighted by atomic mass is 79.9. The van der Waals surface area contributed by atoms with E-state index in [4.69, 9.17) is 4.42 Å². The van der Waals surface area contributed by atoms with Crippen molar-refractivity contribution in [2.45, 2.75) is 25.8 Å². The summed E-state index contributed by atoms with van der Waals surface area (Å²) in [7, 11) is 0. The van der Waals surface area contributed by atoms with Crippen molar-refractivity contribution in [3.63, 3.8) is 0 Å². The third kappa shape index (κ3) is 2.43. The molecule has 0 radical (unpaired) electrons. The van der Waals surface area contributed by atoms with E-state index in [2.05, 4.69) is 15.9 Å². The molecule has 2 unspecified atom stereocenters. The predicted molar refractivity (Wildman–Crippen MR) is 67.3 cm³/mol. The summed E-state index contributed by atoms with van der Waals surface area (Å²) in [6, 6.07) is 0.798. The third-order valence-electron chi connectivity index (χ3n) is 3.26. The van der Waals surface area contributed by atoms with Crippen LogP contribution in [0.15, 0.2) is 21.4 Å². The number of likely N-dealkylation sites (tertiary alicyclic amines) is 1. The first-order chi connectivity index (χ1) is 8.50. The average Bonchev–Trinajstić information content (AvgIpc) is 2.74. The van der Waals surface area contributed by atoms with Gasteiger partial charge >= 0.3 is 5.97 Å².